The molecule has 1 unspecified atom stereocenters. The van der Waals surface area contributed by atoms with Gasteiger partial charge in [-0.05, 0) is 11.6 Å². The highest BCUT2D eigenvalue weighted by Crippen LogP contribution is 2.34. The zero-order valence-electron chi connectivity index (χ0n) is 10.2. The second-order valence-electron chi connectivity index (χ2n) is 4.36. The Labute approximate surface area is 112 Å². The van der Waals surface area contributed by atoms with Crippen molar-refractivity contribution in [2.45, 2.75) is 30.3 Å². The fourth-order valence-electron chi connectivity index (χ4n) is 2.03. The lowest BCUT2D eigenvalue weighted by Gasteiger charge is -2.31. The van der Waals surface area contributed by atoms with Crippen LogP contribution in [0.2, 0.25) is 0 Å². The van der Waals surface area contributed by atoms with Gasteiger partial charge in [-0.2, -0.15) is 0 Å². The van der Waals surface area contributed by atoms with Crippen molar-refractivity contribution >= 4 is 6.03 Å². The van der Waals surface area contributed by atoms with E-state index in [0.717, 1.165) is 4.90 Å². The zero-order valence-corrected chi connectivity index (χ0v) is 10.2. The maximum absolute atomic E-state index is 11.7. The number of rotatable bonds is 3. The summed E-state index contributed by atoms with van der Waals surface area (Å²) in [6.07, 6.45) is -2.57. The highest BCUT2D eigenvalue weighted by Gasteiger charge is 2.56. The summed E-state index contributed by atoms with van der Waals surface area (Å²) in [7, 11) is 0. The molecule has 110 valence electrons. The summed E-state index contributed by atoms with van der Waals surface area (Å²) in [5.41, 5.74) is 11.9. The van der Waals surface area contributed by atoms with Crippen LogP contribution in [-0.2, 0) is 4.74 Å². The van der Waals surface area contributed by atoms with Crippen molar-refractivity contribution in [3.63, 3.8) is 0 Å². The highest BCUT2D eigenvalue weighted by atomic mass is 16.6. The number of urea groups is 1. The van der Waals surface area contributed by atoms with E-state index < -0.39 is 43.0 Å². The van der Waals surface area contributed by atoms with Gasteiger partial charge in [-0.15, -0.1) is 0 Å². The minimum Gasteiger partial charge on any atom is -0.393 e. The largest absolute Gasteiger partial charge is 0.393 e. The van der Waals surface area contributed by atoms with Crippen LogP contribution < -0.4 is 11.1 Å². The van der Waals surface area contributed by atoms with Gasteiger partial charge >= 0.3 is 6.03 Å². The van der Waals surface area contributed by atoms with E-state index in [1.54, 1.807) is 0 Å². The first-order valence-electron chi connectivity index (χ1n) is 5.69. The van der Waals surface area contributed by atoms with Crippen LogP contribution in [0.5, 0.6) is 0 Å². The van der Waals surface area contributed by atoms with Crippen LogP contribution in [0.1, 0.15) is 0 Å². The number of hydrogen-bond acceptors (Lipinski definition) is 7. The van der Waals surface area contributed by atoms with E-state index >= 15 is 0 Å². The van der Waals surface area contributed by atoms with Gasteiger partial charge in [0.15, 0.2) is 6.23 Å². The van der Waals surface area contributed by atoms with E-state index in [9.17, 15) is 20.1 Å². The topological polar surface area (TPSA) is 177 Å². The van der Waals surface area contributed by atoms with Gasteiger partial charge in [0.05, 0.1) is 12.8 Å². The average molecular weight is 286 g/mol. The number of aliphatic hydroxyl groups excluding tert-OH is 3. The maximum atomic E-state index is 11.7. The molecule has 0 bridgehead atoms. The molecule has 0 aromatic heterocycles. The molecule has 0 spiro atoms. The van der Waals surface area contributed by atoms with Crippen LogP contribution >= 0.6 is 0 Å². The van der Waals surface area contributed by atoms with Gasteiger partial charge in [0.2, 0.25) is 5.72 Å². The third-order valence-electron chi connectivity index (χ3n) is 3.10. The number of azide groups is 1. The quantitative estimate of drug-likeness (QED) is 0.225. The number of nitrogens with zero attached hydrogens (tertiary/aromatic N) is 4. The smallest absolute Gasteiger partial charge is 0.325 e. The van der Waals surface area contributed by atoms with Gasteiger partial charge in [0.1, 0.15) is 12.2 Å². The fourth-order valence-corrected chi connectivity index (χ4v) is 2.03. The van der Waals surface area contributed by atoms with Crippen molar-refractivity contribution in [3.05, 3.63) is 22.7 Å². The Morgan fingerprint density at radius 2 is 2.35 bits per heavy atom. The number of carbonyl (C=O) groups is 1. The summed E-state index contributed by atoms with van der Waals surface area (Å²) < 4.78 is 5.21. The molecular weight excluding hydrogens is 272 g/mol. The molecule has 2 aliphatic heterocycles. The molecule has 11 nitrogen and oxygen atoms in total. The minimum absolute atomic E-state index is 0.661. The van der Waals surface area contributed by atoms with E-state index in [1.165, 1.54) is 12.3 Å². The van der Waals surface area contributed by atoms with E-state index in [1.807, 2.05) is 0 Å². The lowest BCUT2D eigenvalue weighted by atomic mass is 10.1. The van der Waals surface area contributed by atoms with Crippen molar-refractivity contribution in [2.24, 2.45) is 10.8 Å². The van der Waals surface area contributed by atoms with Crippen LogP contribution in [0.3, 0.4) is 0 Å². The van der Waals surface area contributed by atoms with Crippen LogP contribution in [0, 0.1) is 0 Å². The van der Waals surface area contributed by atoms with Crippen LogP contribution in [0.25, 0.3) is 10.4 Å². The molecule has 6 N–H and O–H groups in total. The molecule has 2 aliphatic rings. The van der Waals surface area contributed by atoms with Gasteiger partial charge in [-0.1, -0.05) is 5.11 Å². The first kappa shape index (κ1) is 14.5. The SMILES string of the molecule is [N-]=[N+]=N[C@]1(CO)O[C@@H](N2C=CC(N)NC2=O)[C@H](O)[C@H]1O. The van der Waals surface area contributed by atoms with Crippen molar-refractivity contribution < 1.29 is 24.9 Å². The summed E-state index contributed by atoms with van der Waals surface area (Å²) in [4.78, 5) is 15.2. The standard InChI is InChI=1S/C9H14N6O5/c10-4-1-2-15(8(19)12-4)7-5(17)6(18)9(3-16,20-7)13-14-11/h1-2,4-7,16-18H,3,10H2,(H,12,19)/t4?,5-,6-,7-,9-/m1/s1. The summed E-state index contributed by atoms with van der Waals surface area (Å²) in [6, 6.07) is -0.661. The van der Waals surface area contributed by atoms with Crippen molar-refractivity contribution in [1.82, 2.24) is 10.2 Å². The van der Waals surface area contributed by atoms with Crippen molar-refractivity contribution in [2.75, 3.05) is 6.61 Å². The number of carbonyl (C=O) groups excluding carboxylic acids is 1. The van der Waals surface area contributed by atoms with Crippen LogP contribution in [-0.4, -0.2) is 63.2 Å². The molecule has 1 fully saturated rings. The Bertz CT molecular complexity index is 479. The van der Waals surface area contributed by atoms with Crippen molar-refractivity contribution in [3.8, 4) is 0 Å². The molecule has 5 atom stereocenters. The number of aliphatic hydroxyl groups is 3. The van der Waals surface area contributed by atoms with Gasteiger partial charge in [0.25, 0.3) is 0 Å². The normalized spacial score (nSPS) is 40.4. The maximum Gasteiger partial charge on any atom is 0.325 e. The summed E-state index contributed by atoms with van der Waals surface area (Å²) >= 11 is 0. The summed E-state index contributed by atoms with van der Waals surface area (Å²) in [6.45, 7) is -0.857. The molecular formula is C9H14N6O5. The van der Waals surface area contributed by atoms with E-state index in [2.05, 4.69) is 15.3 Å². The van der Waals surface area contributed by atoms with Gasteiger partial charge in [-0.3, -0.25) is 4.90 Å². The monoisotopic (exact) mass is 286 g/mol. The van der Waals surface area contributed by atoms with E-state index in [4.69, 9.17) is 16.0 Å². The first-order valence-corrected chi connectivity index (χ1v) is 5.69. The second-order valence-corrected chi connectivity index (χ2v) is 4.36. The highest BCUT2D eigenvalue weighted by molar-refractivity contribution is 5.77. The molecule has 11 heteroatoms. The molecule has 0 aromatic rings. The Morgan fingerprint density at radius 3 is 2.90 bits per heavy atom. The molecule has 2 heterocycles. The zero-order chi connectivity index (χ0) is 14.9. The molecule has 0 aromatic carbocycles. The Balaban J connectivity index is 2.29. The molecule has 20 heavy (non-hydrogen) atoms. The summed E-state index contributed by atoms with van der Waals surface area (Å²) in [5, 5.41) is 34.6. The number of ether oxygens (including phenoxy) is 1. The molecule has 2 amide bonds. The number of amides is 2. The number of hydrogen-bond donors (Lipinski definition) is 5. The summed E-state index contributed by atoms with van der Waals surface area (Å²) in [5.74, 6) is 0. The van der Waals surface area contributed by atoms with E-state index in [-0.39, 0.29) is 0 Å². The number of nitrogens with one attached hydrogen (secondary N) is 1. The fraction of sp³-hybridized carbons (Fsp3) is 0.667. The first-order chi connectivity index (χ1) is 9.45. The van der Waals surface area contributed by atoms with E-state index in [0.29, 0.717) is 0 Å². The molecule has 1 saturated heterocycles. The lowest BCUT2D eigenvalue weighted by Crippen LogP contribution is -2.55. The Kier molecular flexibility index (Phi) is 3.81. The van der Waals surface area contributed by atoms with Gasteiger partial charge in [-0.25, -0.2) is 4.79 Å². The Morgan fingerprint density at radius 1 is 1.65 bits per heavy atom. The van der Waals surface area contributed by atoms with Crippen LogP contribution in [0.4, 0.5) is 4.79 Å². The second kappa shape index (κ2) is 5.25. The van der Waals surface area contributed by atoms with Gasteiger partial charge < -0.3 is 31.1 Å². The lowest BCUT2D eigenvalue weighted by molar-refractivity contribution is -0.128. The Hall–Kier alpha value is -1.88. The predicted octanol–water partition coefficient (Wildman–Crippen LogP) is -2.11. The third-order valence-corrected chi connectivity index (χ3v) is 3.10. The number of nitrogens with two attached hydrogens (primary N) is 1. The minimum atomic E-state index is -2.05. The molecule has 0 aliphatic carbocycles. The predicted molar refractivity (Wildman–Crippen MR) is 63.3 cm³/mol. The molecule has 2 rings (SSSR count). The van der Waals surface area contributed by atoms with Gasteiger partial charge in [0, 0.05) is 11.1 Å². The van der Waals surface area contributed by atoms with Crippen LogP contribution in [0.15, 0.2) is 17.4 Å². The van der Waals surface area contributed by atoms with Crippen molar-refractivity contribution in [1.29, 1.82) is 0 Å². The molecule has 0 radical (unpaired) electrons. The molecule has 0 saturated carbocycles. The third kappa shape index (κ3) is 2.18. The average Bonchev–Trinajstić information content (AvgIpc) is 2.65.